The molecule has 28 heavy (non-hydrogen) atoms. The molecule has 1 N–H and O–H groups in total. The van der Waals surface area contributed by atoms with Crippen LogP contribution in [-0.2, 0) is 17.8 Å². The predicted octanol–water partition coefficient (Wildman–Crippen LogP) is 5.24. The Labute approximate surface area is 169 Å². The highest BCUT2D eigenvalue weighted by Crippen LogP contribution is 2.40. The number of amides is 1. The summed E-state index contributed by atoms with van der Waals surface area (Å²) < 4.78 is 11.4. The average molecular weight is 394 g/mol. The van der Waals surface area contributed by atoms with Gasteiger partial charge in [0.05, 0.1) is 6.54 Å². The number of hydrogen-bond donors (Lipinski definition) is 1. The molecule has 4 nitrogen and oxygen atoms in total. The highest BCUT2D eigenvalue weighted by Gasteiger charge is 2.27. The van der Waals surface area contributed by atoms with E-state index in [0.717, 1.165) is 28.0 Å². The Balaban J connectivity index is 1.37. The third kappa shape index (κ3) is 4.29. The molecule has 1 heterocycles. The Morgan fingerprint density at radius 2 is 1.79 bits per heavy atom. The van der Waals surface area contributed by atoms with Crippen LogP contribution in [0.4, 0.5) is 4.79 Å². The first-order valence-corrected chi connectivity index (χ1v) is 9.56. The van der Waals surface area contributed by atoms with Crippen molar-refractivity contribution in [3.63, 3.8) is 0 Å². The quantitative estimate of drug-likeness (QED) is 0.645. The van der Waals surface area contributed by atoms with Crippen LogP contribution in [-0.4, -0.2) is 18.7 Å². The molecule has 1 unspecified atom stereocenters. The molecule has 142 valence electrons. The lowest BCUT2D eigenvalue weighted by molar-refractivity contribution is 0.133. The molecule has 1 aliphatic rings. The second-order valence-corrected chi connectivity index (χ2v) is 7.13. The van der Waals surface area contributed by atoms with E-state index in [-0.39, 0.29) is 12.7 Å². The van der Waals surface area contributed by atoms with Gasteiger partial charge in [0.25, 0.3) is 0 Å². The molecule has 1 amide bonds. The number of alkyl carbamates (subject to hydrolysis) is 1. The molecule has 0 spiro atoms. The maximum atomic E-state index is 12.0. The average Bonchev–Trinajstić information content (AvgIpc) is 3.14. The summed E-state index contributed by atoms with van der Waals surface area (Å²) in [5, 5.41) is 3.46. The number of carbonyl (C=O) groups excluding carboxylic acids is 1. The number of nitrogens with one attached hydrogen (secondary N) is 1. The van der Waals surface area contributed by atoms with E-state index in [1.165, 1.54) is 0 Å². The summed E-state index contributed by atoms with van der Waals surface area (Å²) in [6.07, 6.45) is 0.0826. The van der Waals surface area contributed by atoms with Crippen LogP contribution in [0.15, 0.2) is 72.8 Å². The van der Waals surface area contributed by atoms with Crippen LogP contribution < -0.4 is 10.1 Å². The fourth-order valence-electron chi connectivity index (χ4n) is 3.31. The Morgan fingerprint density at radius 1 is 1.07 bits per heavy atom. The predicted molar refractivity (Wildman–Crippen MR) is 110 cm³/mol. The first kappa shape index (κ1) is 18.4. The largest absolute Gasteiger partial charge is 0.487 e. The van der Waals surface area contributed by atoms with Crippen LogP contribution in [0.5, 0.6) is 5.75 Å². The minimum Gasteiger partial charge on any atom is -0.487 e. The minimum absolute atomic E-state index is 0.153. The van der Waals surface area contributed by atoms with Crippen LogP contribution in [0.2, 0.25) is 5.02 Å². The molecule has 5 heteroatoms. The van der Waals surface area contributed by atoms with E-state index >= 15 is 0 Å². The van der Waals surface area contributed by atoms with Gasteiger partial charge in [-0.3, -0.25) is 0 Å². The van der Waals surface area contributed by atoms with Crippen molar-refractivity contribution in [2.75, 3.05) is 6.54 Å². The number of rotatable bonds is 5. The molecule has 3 aromatic carbocycles. The third-order valence-electron chi connectivity index (χ3n) is 4.63. The third-order valence-corrected chi connectivity index (χ3v) is 4.85. The van der Waals surface area contributed by atoms with E-state index < -0.39 is 6.09 Å². The number of ether oxygens (including phenoxy) is 2. The van der Waals surface area contributed by atoms with Gasteiger partial charge in [-0.25, -0.2) is 4.79 Å². The van der Waals surface area contributed by atoms with Crippen molar-refractivity contribution in [1.82, 2.24) is 5.32 Å². The van der Waals surface area contributed by atoms with Gasteiger partial charge in [-0.15, -0.1) is 0 Å². The zero-order valence-corrected chi connectivity index (χ0v) is 16.0. The van der Waals surface area contributed by atoms with Crippen LogP contribution in [0.1, 0.15) is 11.1 Å². The number of halogens is 1. The van der Waals surface area contributed by atoms with Crippen molar-refractivity contribution in [1.29, 1.82) is 0 Å². The van der Waals surface area contributed by atoms with Gasteiger partial charge in [-0.1, -0.05) is 72.3 Å². The smallest absolute Gasteiger partial charge is 0.407 e. The van der Waals surface area contributed by atoms with E-state index in [2.05, 4.69) is 5.32 Å². The summed E-state index contributed by atoms with van der Waals surface area (Å²) in [6, 6.07) is 23.4. The summed E-state index contributed by atoms with van der Waals surface area (Å²) >= 11 is 6.31. The molecule has 0 fully saturated rings. The molecule has 0 aromatic heterocycles. The summed E-state index contributed by atoms with van der Waals surface area (Å²) in [5.74, 6) is 0.833. The topological polar surface area (TPSA) is 47.6 Å². The summed E-state index contributed by atoms with van der Waals surface area (Å²) in [5.41, 5.74) is 4.02. The van der Waals surface area contributed by atoms with Gasteiger partial charge < -0.3 is 14.8 Å². The molecule has 1 aliphatic heterocycles. The van der Waals surface area contributed by atoms with Gasteiger partial charge in [0, 0.05) is 22.6 Å². The fraction of sp³-hybridized carbons (Fsp3) is 0.174. The van der Waals surface area contributed by atoms with Gasteiger partial charge in [0.1, 0.15) is 18.5 Å². The zero-order valence-electron chi connectivity index (χ0n) is 15.2. The Morgan fingerprint density at radius 3 is 2.54 bits per heavy atom. The van der Waals surface area contributed by atoms with Crippen molar-refractivity contribution in [2.24, 2.45) is 0 Å². The van der Waals surface area contributed by atoms with Gasteiger partial charge in [-0.2, -0.15) is 0 Å². The lowest BCUT2D eigenvalue weighted by atomic mass is 10.0. The molecule has 0 bridgehead atoms. The lowest BCUT2D eigenvalue weighted by Gasteiger charge is -2.14. The number of carbonyl (C=O) groups is 1. The lowest BCUT2D eigenvalue weighted by Crippen LogP contribution is -2.34. The van der Waals surface area contributed by atoms with Gasteiger partial charge in [-0.05, 0) is 23.3 Å². The zero-order chi connectivity index (χ0) is 19.3. The Bertz CT molecular complexity index is 960. The van der Waals surface area contributed by atoms with Gasteiger partial charge in [0.2, 0.25) is 0 Å². The molecular formula is C23H20ClNO3. The molecule has 0 saturated carbocycles. The van der Waals surface area contributed by atoms with E-state index in [4.69, 9.17) is 21.1 Å². The molecule has 0 radical (unpaired) electrons. The highest BCUT2D eigenvalue weighted by molar-refractivity contribution is 6.31. The van der Waals surface area contributed by atoms with Crippen molar-refractivity contribution in [3.8, 4) is 16.9 Å². The van der Waals surface area contributed by atoms with Gasteiger partial charge in [0.15, 0.2) is 0 Å². The second-order valence-electron chi connectivity index (χ2n) is 6.69. The Hall–Kier alpha value is -2.98. The SMILES string of the molecule is O=C(NCC1Cc2cc(Cl)cc(-c3ccccc3)c2O1)OCc1ccccc1. The number of hydrogen-bond acceptors (Lipinski definition) is 3. The van der Waals surface area contributed by atoms with E-state index in [1.807, 2.05) is 72.8 Å². The van der Waals surface area contributed by atoms with Crippen LogP contribution in [0, 0.1) is 0 Å². The van der Waals surface area contributed by atoms with Crippen LogP contribution in [0.25, 0.3) is 11.1 Å². The fourth-order valence-corrected chi connectivity index (χ4v) is 3.55. The Kier molecular flexibility index (Phi) is 5.49. The van der Waals surface area contributed by atoms with Gasteiger partial charge >= 0.3 is 6.09 Å². The minimum atomic E-state index is -0.454. The van der Waals surface area contributed by atoms with Crippen LogP contribution in [0.3, 0.4) is 0 Å². The highest BCUT2D eigenvalue weighted by atomic mass is 35.5. The molecule has 4 rings (SSSR count). The monoisotopic (exact) mass is 393 g/mol. The summed E-state index contributed by atoms with van der Waals surface area (Å²) in [6.45, 7) is 0.611. The van der Waals surface area contributed by atoms with E-state index in [0.29, 0.717) is 18.0 Å². The molecular weight excluding hydrogens is 374 g/mol. The molecule has 0 aliphatic carbocycles. The first-order chi connectivity index (χ1) is 13.7. The number of benzene rings is 3. The normalized spacial score (nSPS) is 14.8. The number of fused-ring (bicyclic) bond motifs is 1. The molecule has 1 atom stereocenters. The van der Waals surface area contributed by atoms with Crippen molar-refractivity contribution < 1.29 is 14.3 Å². The second kappa shape index (κ2) is 8.36. The first-order valence-electron chi connectivity index (χ1n) is 9.18. The molecule has 3 aromatic rings. The maximum absolute atomic E-state index is 12.0. The van der Waals surface area contributed by atoms with E-state index in [1.54, 1.807) is 0 Å². The maximum Gasteiger partial charge on any atom is 0.407 e. The summed E-state index contributed by atoms with van der Waals surface area (Å²) in [7, 11) is 0. The van der Waals surface area contributed by atoms with E-state index in [9.17, 15) is 4.79 Å². The van der Waals surface area contributed by atoms with Crippen molar-refractivity contribution >= 4 is 17.7 Å². The standard InChI is InChI=1S/C23H20ClNO3/c24-19-11-18-12-20(14-25-23(26)27-15-16-7-3-1-4-8-16)28-22(18)21(13-19)17-9-5-2-6-10-17/h1-11,13,20H,12,14-15H2,(H,25,26). The van der Waals surface area contributed by atoms with Crippen LogP contribution >= 0.6 is 11.6 Å². The molecule has 0 saturated heterocycles. The summed E-state index contributed by atoms with van der Waals surface area (Å²) in [4.78, 5) is 12.0. The van der Waals surface area contributed by atoms with Crippen molar-refractivity contribution in [2.45, 2.75) is 19.1 Å². The van der Waals surface area contributed by atoms with Crippen molar-refractivity contribution in [3.05, 3.63) is 88.9 Å².